The average Bonchev–Trinajstić information content (AvgIpc) is 3.20. The first-order valence-corrected chi connectivity index (χ1v) is 10.1. The van der Waals surface area contributed by atoms with Gasteiger partial charge in [-0.2, -0.15) is 10.2 Å². The zero-order chi connectivity index (χ0) is 22.5. The van der Waals surface area contributed by atoms with Crippen LogP contribution in [0.1, 0.15) is 21.5 Å². The standard InChI is InChI=1S/C24H18ClFN4O2/c25-21-7-4-8-22(26)20(21)15-30-14-18(23(29-30)16-5-2-1-3-6-16)13-27-28-24(32)17-9-11-19(31)12-10-17/h1-14,31H,15H2,(H,28,32)/b27-13+. The van der Waals surface area contributed by atoms with Gasteiger partial charge in [0.2, 0.25) is 0 Å². The second-order valence-electron chi connectivity index (χ2n) is 6.94. The molecule has 2 N–H and O–H groups in total. The number of hydrogen-bond donors (Lipinski definition) is 2. The predicted octanol–water partition coefficient (Wildman–Crippen LogP) is 4.86. The number of phenolic OH excluding ortho intramolecular Hbond substituents is 1. The summed E-state index contributed by atoms with van der Waals surface area (Å²) in [7, 11) is 0. The van der Waals surface area contributed by atoms with E-state index in [1.54, 1.807) is 23.0 Å². The molecule has 0 saturated carbocycles. The SMILES string of the molecule is O=C(N/N=C/c1cn(Cc2c(F)cccc2Cl)nc1-c1ccccc1)c1ccc(O)cc1. The number of hydrazone groups is 1. The zero-order valence-electron chi connectivity index (χ0n) is 16.7. The molecule has 0 atom stereocenters. The minimum Gasteiger partial charge on any atom is -0.508 e. The molecule has 4 aromatic rings. The monoisotopic (exact) mass is 448 g/mol. The van der Waals surface area contributed by atoms with Crippen molar-refractivity contribution in [3.8, 4) is 17.0 Å². The fraction of sp³-hybridized carbons (Fsp3) is 0.0417. The fourth-order valence-corrected chi connectivity index (χ4v) is 3.34. The Morgan fingerprint density at radius 2 is 1.84 bits per heavy atom. The molecule has 1 heterocycles. The van der Waals surface area contributed by atoms with Crippen molar-refractivity contribution in [1.82, 2.24) is 15.2 Å². The summed E-state index contributed by atoms with van der Waals surface area (Å²) in [4.78, 5) is 12.2. The van der Waals surface area contributed by atoms with Crippen LogP contribution in [0, 0.1) is 5.82 Å². The lowest BCUT2D eigenvalue weighted by atomic mass is 10.1. The number of nitrogens with zero attached hydrogens (tertiary/aromatic N) is 3. The van der Waals surface area contributed by atoms with Crippen molar-refractivity contribution in [3.05, 3.63) is 107 Å². The Labute approximate surface area is 188 Å². The van der Waals surface area contributed by atoms with Crippen LogP contribution in [0.5, 0.6) is 5.75 Å². The van der Waals surface area contributed by atoms with Gasteiger partial charge in [0.1, 0.15) is 17.3 Å². The maximum Gasteiger partial charge on any atom is 0.271 e. The summed E-state index contributed by atoms with van der Waals surface area (Å²) in [6, 6.07) is 19.8. The number of carbonyl (C=O) groups is 1. The van der Waals surface area contributed by atoms with E-state index in [-0.39, 0.29) is 12.3 Å². The highest BCUT2D eigenvalue weighted by atomic mass is 35.5. The van der Waals surface area contributed by atoms with Crippen molar-refractivity contribution in [1.29, 1.82) is 0 Å². The van der Waals surface area contributed by atoms with E-state index in [1.807, 2.05) is 30.3 Å². The van der Waals surface area contributed by atoms with Crippen molar-refractivity contribution in [2.24, 2.45) is 5.10 Å². The molecule has 160 valence electrons. The largest absolute Gasteiger partial charge is 0.508 e. The van der Waals surface area contributed by atoms with Crippen LogP contribution in [0.15, 0.2) is 84.1 Å². The van der Waals surface area contributed by atoms with E-state index in [9.17, 15) is 14.3 Å². The quantitative estimate of drug-likeness (QED) is 0.326. The van der Waals surface area contributed by atoms with E-state index >= 15 is 0 Å². The summed E-state index contributed by atoms with van der Waals surface area (Å²) in [6.07, 6.45) is 3.19. The molecule has 1 amide bonds. The third-order valence-electron chi connectivity index (χ3n) is 4.72. The van der Waals surface area contributed by atoms with Crippen LogP contribution in [0.4, 0.5) is 4.39 Å². The number of aromatic hydroxyl groups is 1. The number of aromatic nitrogens is 2. The fourth-order valence-electron chi connectivity index (χ4n) is 3.12. The normalized spacial score (nSPS) is 11.1. The lowest BCUT2D eigenvalue weighted by molar-refractivity contribution is 0.0955. The van der Waals surface area contributed by atoms with Crippen LogP contribution >= 0.6 is 11.6 Å². The van der Waals surface area contributed by atoms with Crippen LogP contribution in [-0.4, -0.2) is 27.0 Å². The minimum atomic E-state index is -0.423. The highest BCUT2D eigenvalue weighted by Gasteiger charge is 2.13. The van der Waals surface area contributed by atoms with Gasteiger partial charge in [0, 0.05) is 33.5 Å². The number of amides is 1. The van der Waals surface area contributed by atoms with E-state index in [0.717, 1.165) is 5.56 Å². The number of phenols is 1. The molecule has 32 heavy (non-hydrogen) atoms. The minimum absolute atomic E-state index is 0.0694. The van der Waals surface area contributed by atoms with Crippen molar-refractivity contribution >= 4 is 23.7 Å². The third-order valence-corrected chi connectivity index (χ3v) is 5.07. The molecule has 4 rings (SSSR count). The number of rotatable bonds is 6. The van der Waals surface area contributed by atoms with Crippen molar-refractivity contribution in [2.45, 2.75) is 6.54 Å². The molecule has 0 unspecified atom stereocenters. The van der Waals surface area contributed by atoms with Crippen molar-refractivity contribution < 1.29 is 14.3 Å². The molecular formula is C24H18ClFN4O2. The van der Waals surface area contributed by atoms with Gasteiger partial charge in [0.05, 0.1) is 12.8 Å². The van der Waals surface area contributed by atoms with Crippen molar-refractivity contribution in [3.63, 3.8) is 0 Å². The lowest BCUT2D eigenvalue weighted by Gasteiger charge is -2.05. The second-order valence-corrected chi connectivity index (χ2v) is 7.35. The van der Waals surface area contributed by atoms with Gasteiger partial charge >= 0.3 is 0 Å². The van der Waals surface area contributed by atoms with Gasteiger partial charge in [0.15, 0.2) is 0 Å². The van der Waals surface area contributed by atoms with E-state index < -0.39 is 11.7 Å². The molecule has 0 aliphatic heterocycles. The molecular weight excluding hydrogens is 431 g/mol. The summed E-state index contributed by atoms with van der Waals surface area (Å²) in [5, 5.41) is 18.3. The number of hydrogen-bond acceptors (Lipinski definition) is 4. The topological polar surface area (TPSA) is 79.5 Å². The van der Waals surface area contributed by atoms with E-state index in [4.69, 9.17) is 11.6 Å². The number of halogens is 2. The summed E-state index contributed by atoms with van der Waals surface area (Å²) in [5.74, 6) is -0.765. The summed E-state index contributed by atoms with van der Waals surface area (Å²) >= 11 is 6.16. The highest BCUT2D eigenvalue weighted by molar-refractivity contribution is 6.31. The molecule has 0 aliphatic rings. The first-order chi connectivity index (χ1) is 15.5. The number of carbonyl (C=O) groups excluding carboxylic acids is 1. The average molecular weight is 449 g/mol. The van der Waals surface area contributed by atoms with Gasteiger partial charge in [-0.1, -0.05) is 48.0 Å². The zero-order valence-corrected chi connectivity index (χ0v) is 17.5. The molecule has 6 nitrogen and oxygen atoms in total. The van der Waals surface area contributed by atoms with Crippen molar-refractivity contribution in [2.75, 3.05) is 0 Å². The summed E-state index contributed by atoms with van der Waals surface area (Å²) in [5.41, 5.74) is 5.25. The summed E-state index contributed by atoms with van der Waals surface area (Å²) < 4.78 is 15.8. The first kappa shape index (κ1) is 21.3. The second kappa shape index (κ2) is 9.45. The summed E-state index contributed by atoms with van der Waals surface area (Å²) in [6.45, 7) is 0.138. The first-order valence-electron chi connectivity index (χ1n) is 9.69. The van der Waals surface area contributed by atoms with Crippen LogP contribution in [-0.2, 0) is 6.54 Å². The van der Waals surface area contributed by atoms with Crippen LogP contribution in [0.2, 0.25) is 5.02 Å². The molecule has 0 fully saturated rings. The van der Waals surface area contributed by atoms with Crippen LogP contribution in [0.25, 0.3) is 11.3 Å². The highest BCUT2D eigenvalue weighted by Crippen LogP contribution is 2.24. The van der Waals surface area contributed by atoms with Gasteiger partial charge in [-0.05, 0) is 36.4 Å². The van der Waals surface area contributed by atoms with E-state index in [1.165, 1.54) is 36.5 Å². The third kappa shape index (κ3) is 4.84. The Morgan fingerprint density at radius 1 is 1.09 bits per heavy atom. The molecule has 0 bridgehead atoms. The number of benzene rings is 3. The Hall–Kier alpha value is -3.97. The maximum absolute atomic E-state index is 14.2. The van der Waals surface area contributed by atoms with E-state index in [2.05, 4.69) is 15.6 Å². The van der Waals surface area contributed by atoms with Crippen LogP contribution in [0.3, 0.4) is 0 Å². The molecule has 1 aromatic heterocycles. The Kier molecular flexibility index (Phi) is 6.28. The van der Waals surface area contributed by atoms with Gasteiger partial charge in [-0.3, -0.25) is 9.48 Å². The number of nitrogens with one attached hydrogen (secondary N) is 1. The maximum atomic E-state index is 14.2. The molecule has 0 radical (unpaired) electrons. The molecule has 0 spiro atoms. The smallest absolute Gasteiger partial charge is 0.271 e. The van der Waals surface area contributed by atoms with Gasteiger partial charge in [-0.15, -0.1) is 0 Å². The Morgan fingerprint density at radius 3 is 2.56 bits per heavy atom. The van der Waals surface area contributed by atoms with E-state index in [0.29, 0.717) is 27.4 Å². The van der Waals surface area contributed by atoms with Gasteiger partial charge < -0.3 is 5.11 Å². The molecule has 3 aromatic carbocycles. The Balaban J connectivity index is 1.60. The van der Waals surface area contributed by atoms with Gasteiger partial charge in [-0.25, -0.2) is 9.82 Å². The Bertz CT molecular complexity index is 1250. The lowest BCUT2D eigenvalue weighted by Crippen LogP contribution is -2.17. The van der Waals surface area contributed by atoms with Crippen LogP contribution < -0.4 is 5.43 Å². The van der Waals surface area contributed by atoms with Gasteiger partial charge in [0.25, 0.3) is 5.91 Å². The molecule has 8 heteroatoms. The predicted molar refractivity (Wildman–Crippen MR) is 121 cm³/mol. The molecule has 0 saturated heterocycles. The molecule has 0 aliphatic carbocycles.